The van der Waals surface area contributed by atoms with Gasteiger partial charge < -0.3 is 4.74 Å². The smallest absolute Gasteiger partial charge is 0.267 e. The third kappa shape index (κ3) is 4.00. The van der Waals surface area contributed by atoms with Crippen LogP contribution in [0.5, 0.6) is 5.75 Å². The molecule has 0 saturated carbocycles. The Kier molecular flexibility index (Phi) is 5.36. The van der Waals surface area contributed by atoms with Crippen molar-refractivity contribution >= 4 is 34.6 Å². The number of amides is 1. The fourth-order valence-corrected chi connectivity index (χ4v) is 3.39. The third-order valence-electron chi connectivity index (χ3n) is 3.57. The maximum Gasteiger partial charge on any atom is 0.267 e. The summed E-state index contributed by atoms with van der Waals surface area (Å²) < 4.78 is 5.24. The number of ether oxygens (including phenoxy) is 1. The minimum atomic E-state index is -0.0672. The van der Waals surface area contributed by atoms with Crippen molar-refractivity contribution in [3.05, 3.63) is 77.7 Å². The number of hydrogen-bond donors (Lipinski definition) is 0. The Bertz CT molecular complexity index is 844. The average molecular weight is 350 g/mol. The molecule has 25 heavy (non-hydrogen) atoms. The Labute approximate surface area is 151 Å². The van der Waals surface area contributed by atoms with Gasteiger partial charge in [0.05, 0.1) is 17.7 Å². The molecular weight excluding hydrogens is 332 g/mol. The first-order chi connectivity index (χ1) is 12.2. The van der Waals surface area contributed by atoms with Crippen molar-refractivity contribution in [2.24, 2.45) is 4.99 Å². The number of carbonyl (C=O) groups is 1. The van der Waals surface area contributed by atoms with Crippen molar-refractivity contribution in [1.82, 2.24) is 4.90 Å². The van der Waals surface area contributed by atoms with Crippen LogP contribution in [0.4, 0.5) is 5.69 Å². The topological polar surface area (TPSA) is 41.9 Å². The maximum atomic E-state index is 12.7. The molecule has 1 amide bonds. The number of carbonyl (C=O) groups excluding carboxylic acids is 1. The monoisotopic (exact) mass is 350 g/mol. The van der Waals surface area contributed by atoms with E-state index in [1.165, 1.54) is 11.8 Å². The lowest BCUT2D eigenvalue weighted by molar-refractivity contribution is -0.121. The first kappa shape index (κ1) is 17.0. The average Bonchev–Trinajstić information content (AvgIpc) is 2.92. The van der Waals surface area contributed by atoms with Crippen molar-refractivity contribution in [1.29, 1.82) is 0 Å². The van der Waals surface area contributed by atoms with Gasteiger partial charge in [-0.1, -0.05) is 36.4 Å². The zero-order chi connectivity index (χ0) is 17.6. The summed E-state index contributed by atoms with van der Waals surface area (Å²) >= 11 is 1.37. The molecule has 3 rings (SSSR count). The molecule has 1 heterocycles. The van der Waals surface area contributed by atoms with Crippen LogP contribution in [0.2, 0.25) is 0 Å². The summed E-state index contributed by atoms with van der Waals surface area (Å²) in [5.74, 6) is 0.688. The molecule has 0 atom stereocenters. The van der Waals surface area contributed by atoms with Gasteiger partial charge >= 0.3 is 0 Å². The number of nitrogens with zero attached hydrogens (tertiary/aromatic N) is 2. The van der Waals surface area contributed by atoms with Crippen molar-refractivity contribution in [3.63, 3.8) is 0 Å². The zero-order valence-electron chi connectivity index (χ0n) is 13.9. The van der Waals surface area contributed by atoms with Gasteiger partial charge in [-0.25, -0.2) is 4.99 Å². The molecule has 2 aromatic rings. The first-order valence-electron chi connectivity index (χ1n) is 7.81. The summed E-state index contributed by atoms with van der Waals surface area (Å²) in [6, 6.07) is 17.2. The Morgan fingerprint density at radius 1 is 1.20 bits per heavy atom. The molecule has 5 heteroatoms. The van der Waals surface area contributed by atoms with E-state index in [0.29, 0.717) is 16.6 Å². The summed E-state index contributed by atoms with van der Waals surface area (Å²) in [4.78, 5) is 19.6. The summed E-state index contributed by atoms with van der Waals surface area (Å²) in [5, 5.41) is 0.658. The molecule has 126 valence electrons. The molecule has 1 saturated heterocycles. The summed E-state index contributed by atoms with van der Waals surface area (Å²) in [6.45, 7) is 4.16. The number of aliphatic imine (C=N–C) groups is 1. The highest BCUT2D eigenvalue weighted by atomic mass is 32.2. The predicted molar refractivity (Wildman–Crippen MR) is 104 cm³/mol. The predicted octanol–water partition coefficient (Wildman–Crippen LogP) is 4.49. The lowest BCUT2D eigenvalue weighted by atomic mass is 10.2. The quantitative estimate of drug-likeness (QED) is 0.589. The fourth-order valence-electron chi connectivity index (χ4n) is 2.38. The van der Waals surface area contributed by atoms with Crippen LogP contribution in [0.25, 0.3) is 6.08 Å². The van der Waals surface area contributed by atoms with E-state index in [1.54, 1.807) is 18.1 Å². The van der Waals surface area contributed by atoms with E-state index in [-0.39, 0.29) is 5.91 Å². The highest BCUT2D eigenvalue weighted by molar-refractivity contribution is 8.18. The molecule has 0 aliphatic carbocycles. The lowest BCUT2D eigenvalue weighted by Crippen LogP contribution is -2.29. The van der Waals surface area contributed by atoms with Gasteiger partial charge in [0.15, 0.2) is 5.17 Å². The number of amidine groups is 1. The standard InChI is InChI=1S/C20H18N2O2S/c1-3-12-22-19(23)18(14-15-8-7-11-17(13-15)24-2)25-20(22)21-16-9-5-4-6-10-16/h3-11,13-14H,1,12H2,2H3/b18-14+,21-20?. The zero-order valence-corrected chi connectivity index (χ0v) is 14.7. The van der Waals surface area contributed by atoms with Crippen molar-refractivity contribution in [2.45, 2.75) is 0 Å². The second kappa shape index (κ2) is 7.85. The highest BCUT2D eigenvalue weighted by Crippen LogP contribution is 2.34. The van der Waals surface area contributed by atoms with E-state index in [9.17, 15) is 4.79 Å². The van der Waals surface area contributed by atoms with Crippen LogP contribution in [-0.2, 0) is 4.79 Å². The van der Waals surface area contributed by atoms with Crippen LogP contribution in [0.15, 0.2) is 77.1 Å². The molecule has 0 spiro atoms. The second-order valence-electron chi connectivity index (χ2n) is 5.32. The molecule has 1 aliphatic rings. The van der Waals surface area contributed by atoms with Gasteiger partial charge in [0.1, 0.15) is 5.75 Å². The van der Waals surface area contributed by atoms with Crippen LogP contribution < -0.4 is 4.74 Å². The molecule has 0 aromatic heterocycles. The molecule has 0 radical (unpaired) electrons. The second-order valence-corrected chi connectivity index (χ2v) is 6.33. The minimum absolute atomic E-state index is 0.0672. The fraction of sp³-hybridized carbons (Fsp3) is 0.100. The van der Waals surface area contributed by atoms with Gasteiger partial charge in [-0.2, -0.15) is 0 Å². The first-order valence-corrected chi connectivity index (χ1v) is 8.63. The maximum absolute atomic E-state index is 12.7. The molecule has 0 unspecified atom stereocenters. The molecule has 0 N–H and O–H groups in total. The van der Waals surface area contributed by atoms with Gasteiger partial charge in [0.2, 0.25) is 0 Å². The van der Waals surface area contributed by atoms with Gasteiger partial charge in [-0.05, 0) is 47.7 Å². The van der Waals surface area contributed by atoms with Crippen molar-refractivity contribution < 1.29 is 9.53 Å². The minimum Gasteiger partial charge on any atom is -0.497 e. The normalized spacial score (nSPS) is 17.3. The number of methoxy groups -OCH3 is 1. The highest BCUT2D eigenvalue weighted by Gasteiger charge is 2.32. The molecular formula is C20H18N2O2S. The molecule has 2 aromatic carbocycles. The molecule has 1 aliphatic heterocycles. The Morgan fingerprint density at radius 2 is 2.00 bits per heavy atom. The van der Waals surface area contributed by atoms with E-state index >= 15 is 0 Å². The van der Waals surface area contributed by atoms with Crippen LogP contribution in [0.1, 0.15) is 5.56 Å². The lowest BCUT2D eigenvalue weighted by Gasteiger charge is -2.12. The number of rotatable bonds is 5. The Hall–Kier alpha value is -2.79. The van der Waals surface area contributed by atoms with E-state index in [4.69, 9.17) is 4.74 Å². The largest absolute Gasteiger partial charge is 0.497 e. The van der Waals surface area contributed by atoms with Gasteiger partial charge in [0.25, 0.3) is 5.91 Å². The number of thioether (sulfide) groups is 1. The summed E-state index contributed by atoms with van der Waals surface area (Å²) in [6.07, 6.45) is 3.56. The van der Waals surface area contributed by atoms with E-state index in [0.717, 1.165) is 17.0 Å². The van der Waals surface area contributed by atoms with Crippen molar-refractivity contribution in [3.8, 4) is 5.75 Å². The third-order valence-corrected chi connectivity index (χ3v) is 4.58. The number of benzene rings is 2. The van der Waals surface area contributed by atoms with Crippen molar-refractivity contribution in [2.75, 3.05) is 13.7 Å². The SMILES string of the molecule is C=CCN1C(=O)/C(=C\c2cccc(OC)c2)SC1=Nc1ccccc1. The summed E-state index contributed by atoms with van der Waals surface area (Å²) in [5.41, 5.74) is 1.73. The van der Waals surface area contributed by atoms with Gasteiger partial charge in [-0.15, -0.1) is 6.58 Å². The number of para-hydroxylation sites is 1. The van der Waals surface area contributed by atoms with Crippen LogP contribution in [0.3, 0.4) is 0 Å². The molecule has 4 nitrogen and oxygen atoms in total. The van der Waals surface area contributed by atoms with E-state index in [1.807, 2.05) is 60.7 Å². The number of hydrogen-bond acceptors (Lipinski definition) is 4. The van der Waals surface area contributed by atoms with Crippen LogP contribution >= 0.6 is 11.8 Å². The Morgan fingerprint density at radius 3 is 2.72 bits per heavy atom. The van der Waals surface area contributed by atoms with Crippen LogP contribution in [-0.4, -0.2) is 29.6 Å². The van der Waals surface area contributed by atoms with Gasteiger partial charge in [0, 0.05) is 6.54 Å². The summed E-state index contributed by atoms with van der Waals surface area (Å²) in [7, 11) is 1.62. The molecule has 0 bridgehead atoms. The van der Waals surface area contributed by atoms with E-state index in [2.05, 4.69) is 11.6 Å². The van der Waals surface area contributed by atoms with Crippen LogP contribution in [0, 0.1) is 0 Å². The Balaban J connectivity index is 1.94. The van der Waals surface area contributed by atoms with Gasteiger partial charge in [-0.3, -0.25) is 9.69 Å². The molecule has 1 fully saturated rings. The van der Waals surface area contributed by atoms with E-state index < -0.39 is 0 Å².